The molecule has 1 aliphatic rings. The van der Waals surface area contributed by atoms with E-state index in [0.29, 0.717) is 34.4 Å². The van der Waals surface area contributed by atoms with Crippen molar-refractivity contribution in [2.45, 2.75) is 19.0 Å². The maximum absolute atomic E-state index is 14.0. The molecule has 1 aromatic carbocycles. The van der Waals surface area contributed by atoms with Crippen molar-refractivity contribution in [3.05, 3.63) is 107 Å². The molecule has 6 aromatic rings. The first-order valence-corrected chi connectivity index (χ1v) is 14.8. The van der Waals surface area contributed by atoms with Crippen LogP contribution in [0, 0.1) is 0 Å². The number of rotatable bonds is 9. The van der Waals surface area contributed by atoms with Crippen LogP contribution in [0.25, 0.3) is 21.6 Å². The maximum atomic E-state index is 14.0. The van der Waals surface area contributed by atoms with Gasteiger partial charge in [-0.1, -0.05) is 0 Å². The van der Waals surface area contributed by atoms with E-state index in [-0.39, 0.29) is 12.1 Å². The number of pyridine rings is 3. The highest BCUT2D eigenvalue weighted by Crippen LogP contribution is 2.27. The lowest BCUT2D eigenvalue weighted by Crippen LogP contribution is -2.25. The zero-order valence-electron chi connectivity index (χ0n) is 23.1. The van der Waals surface area contributed by atoms with Crippen LogP contribution in [0.5, 0.6) is 0 Å². The molecule has 7 rings (SSSR count). The predicted octanol–water partition coefficient (Wildman–Crippen LogP) is 5.01. The lowest BCUT2D eigenvalue weighted by molar-refractivity contribution is 0.784. The zero-order chi connectivity index (χ0) is 29.0. The van der Waals surface area contributed by atoms with Gasteiger partial charge in [0.2, 0.25) is 5.95 Å². The molecule has 0 amide bonds. The summed E-state index contributed by atoms with van der Waals surface area (Å²) in [6.45, 7) is 2.27. The predicted molar refractivity (Wildman–Crippen MR) is 170 cm³/mol. The van der Waals surface area contributed by atoms with Crippen molar-refractivity contribution in [1.82, 2.24) is 34.8 Å². The molecule has 1 fully saturated rings. The normalized spacial score (nSPS) is 14.6. The third-order valence-corrected chi connectivity index (χ3v) is 8.05. The highest BCUT2D eigenvalue weighted by molar-refractivity contribution is 7.13. The van der Waals surface area contributed by atoms with Gasteiger partial charge in [0, 0.05) is 71.3 Å². The summed E-state index contributed by atoms with van der Waals surface area (Å²) in [5.41, 5.74) is 5.08. The summed E-state index contributed by atoms with van der Waals surface area (Å²) in [5, 5.41) is 16.9. The standard InChI is InChI=1S/C31H28N10OS/c42-30-27(38-24-2-1-9-32-16-24)14-21-15-36-31(39-23-5-3-22(4-6-23)37-25-8-11-33-17-25)40-28(21)41(30)19-20-7-10-34-18-26(20)29-35-12-13-43-29/h1-7,9-10,12-16,18,25,33,37-38H,8,11,17,19H2,(H,36,39,40). The number of anilines is 5. The van der Waals surface area contributed by atoms with E-state index >= 15 is 0 Å². The molecule has 214 valence electrons. The maximum Gasteiger partial charge on any atom is 0.276 e. The number of fused-ring (bicyclic) bond motifs is 1. The number of aromatic nitrogens is 6. The molecule has 1 aliphatic heterocycles. The fraction of sp³-hybridized carbons (Fsp3) is 0.161. The first-order valence-electron chi connectivity index (χ1n) is 13.9. The minimum absolute atomic E-state index is 0.222. The number of thiazole rings is 1. The Morgan fingerprint density at radius 2 is 1.81 bits per heavy atom. The fourth-order valence-corrected chi connectivity index (χ4v) is 5.80. The smallest absolute Gasteiger partial charge is 0.276 e. The molecular weight excluding hydrogens is 560 g/mol. The first kappa shape index (κ1) is 26.7. The summed E-state index contributed by atoms with van der Waals surface area (Å²) in [6, 6.07) is 15.9. The Morgan fingerprint density at radius 1 is 0.930 bits per heavy atom. The van der Waals surface area contributed by atoms with Crippen LogP contribution in [-0.2, 0) is 6.54 Å². The Morgan fingerprint density at radius 3 is 2.60 bits per heavy atom. The molecule has 1 saturated heterocycles. The second kappa shape index (κ2) is 12.0. The van der Waals surface area contributed by atoms with Crippen LogP contribution >= 0.6 is 11.3 Å². The van der Waals surface area contributed by atoms with Gasteiger partial charge in [0.15, 0.2) is 0 Å². The van der Waals surface area contributed by atoms with E-state index in [1.54, 1.807) is 47.8 Å². The molecule has 0 aliphatic carbocycles. The average Bonchev–Trinajstić information content (AvgIpc) is 3.77. The van der Waals surface area contributed by atoms with E-state index in [1.807, 2.05) is 47.8 Å². The van der Waals surface area contributed by atoms with Gasteiger partial charge in [-0.3, -0.25) is 19.3 Å². The van der Waals surface area contributed by atoms with Crippen LogP contribution in [-0.4, -0.2) is 48.6 Å². The molecule has 12 heteroatoms. The Bertz CT molecular complexity index is 1900. The summed E-state index contributed by atoms with van der Waals surface area (Å²) < 4.78 is 1.66. The van der Waals surface area contributed by atoms with Crippen LogP contribution in [0.4, 0.5) is 28.7 Å². The van der Waals surface area contributed by atoms with Crippen LogP contribution < -0.4 is 26.8 Å². The van der Waals surface area contributed by atoms with E-state index in [1.165, 1.54) is 11.3 Å². The molecule has 1 unspecified atom stereocenters. The quantitative estimate of drug-likeness (QED) is 0.182. The monoisotopic (exact) mass is 588 g/mol. The van der Waals surface area contributed by atoms with E-state index in [9.17, 15) is 4.79 Å². The van der Waals surface area contributed by atoms with Gasteiger partial charge in [-0.15, -0.1) is 11.3 Å². The molecule has 4 N–H and O–H groups in total. The summed E-state index contributed by atoms with van der Waals surface area (Å²) >= 11 is 1.53. The molecule has 0 saturated carbocycles. The summed E-state index contributed by atoms with van der Waals surface area (Å²) in [6.07, 6.45) is 11.5. The van der Waals surface area contributed by atoms with E-state index in [2.05, 4.69) is 41.2 Å². The molecule has 5 aromatic heterocycles. The zero-order valence-corrected chi connectivity index (χ0v) is 23.9. The lowest BCUT2D eigenvalue weighted by Gasteiger charge is -2.16. The van der Waals surface area contributed by atoms with Crippen molar-refractivity contribution in [3.63, 3.8) is 0 Å². The number of nitrogens with zero attached hydrogens (tertiary/aromatic N) is 6. The molecule has 0 bridgehead atoms. The third-order valence-electron chi connectivity index (χ3n) is 7.24. The van der Waals surface area contributed by atoms with Gasteiger partial charge in [-0.05, 0) is 67.1 Å². The largest absolute Gasteiger partial charge is 0.381 e. The lowest BCUT2D eigenvalue weighted by atomic mass is 10.1. The molecule has 43 heavy (non-hydrogen) atoms. The number of nitrogens with one attached hydrogen (secondary N) is 4. The SMILES string of the molecule is O=c1c(Nc2cccnc2)cc2cnc(Nc3ccc(NC4CCNC4)cc3)nc2n1Cc1ccncc1-c1nccs1. The van der Waals surface area contributed by atoms with Crippen molar-refractivity contribution in [2.75, 3.05) is 29.0 Å². The highest BCUT2D eigenvalue weighted by atomic mass is 32.1. The van der Waals surface area contributed by atoms with Gasteiger partial charge < -0.3 is 21.3 Å². The van der Waals surface area contributed by atoms with Crippen LogP contribution in [0.2, 0.25) is 0 Å². The molecule has 6 heterocycles. The Hall–Kier alpha value is -5.20. The minimum Gasteiger partial charge on any atom is -0.381 e. The average molecular weight is 589 g/mol. The van der Waals surface area contributed by atoms with E-state index in [0.717, 1.165) is 47.0 Å². The van der Waals surface area contributed by atoms with Crippen molar-refractivity contribution in [3.8, 4) is 10.6 Å². The summed E-state index contributed by atoms with van der Waals surface area (Å²) in [7, 11) is 0. The number of hydrogen-bond acceptors (Lipinski definition) is 11. The third kappa shape index (κ3) is 5.92. The number of benzene rings is 1. The molecule has 1 atom stereocenters. The van der Waals surface area contributed by atoms with E-state index in [4.69, 9.17) is 4.98 Å². The first-order chi connectivity index (χ1) is 21.2. The van der Waals surface area contributed by atoms with Crippen molar-refractivity contribution >= 4 is 51.1 Å². The van der Waals surface area contributed by atoms with Crippen LogP contribution in [0.3, 0.4) is 0 Å². The fourth-order valence-electron chi connectivity index (χ4n) is 5.12. The summed E-state index contributed by atoms with van der Waals surface area (Å²) in [5.74, 6) is 0.393. The van der Waals surface area contributed by atoms with Crippen molar-refractivity contribution < 1.29 is 0 Å². The second-order valence-corrected chi connectivity index (χ2v) is 11.1. The highest BCUT2D eigenvalue weighted by Gasteiger charge is 2.17. The van der Waals surface area contributed by atoms with E-state index < -0.39 is 0 Å². The van der Waals surface area contributed by atoms with Gasteiger partial charge in [-0.25, -0.2) is 9.97 Å². The van der Waals surface area contributed by atoms with Crippen LogP contribution in [0.15, 0.2) is 95.9 Å². The molecule has 11 nitrogen and oxygen atoms in total. The van der Waals surface area contributed by atoms with Gasteiger partial charge in [-0.2, -0.15) is 4.98 Å². The Kier molecular flexibility index (Phi) is 7.42. The second-order valence-electron chi connectivity index (χ2n) is 10.2. The van der Waals surface area contributed by atoms with Crippen molar-refractivity contribution in [2.24, 2.45) is 0 Å². The van der Waals surface area contributed by atoms with Gasteiger partial charge in [0.05, 0.1) is 18.4 Å². The molecular formula is C31H28N10OS. The Balaban J connectivity index is 1.25. The van der Waals surface area contributed by atoms with Gasteiger partial charge in [0.25, 0.3) is 5.56 Å². The molecule has 0 spiro atoms. The van der Waals surface area contributed by atoms with Crippen molar-refractivity contribution in [1.29, 1.82) is 0 Å². The minimum atomic E-state index is -0.222. The Labute approximate surface area is 251 Å². The summed E-state index contributed by atoms with van der Waals surface area (Å²) in [4.78, 5) is 36.3. The van der Waals surface area contributed by atoms with Gasteiger partial charge >= 0.3 is 0 Å². The number of hydrogen-bond donors (Lipinski definition) is 4. The topological polar surface area (TPSA) is 135 Å². The van der Waals surface area contributed by atoms with Crippen LogP contribution in [0.1, 0.15) is 12.0 Å². The molecule has 0 radical (unpaired) electrons. The van der Waals surface area contributed by atoms with Gasteiger partial charge in [0.1, 0.15) is 16.3 Å².